The predicted octanol–water partition coefficient (Wildman–Crippen LogP) is 9.21. The lowest BCUT2D eigenvalue weighted by Gasteiger charge is -2.22. The number of aromatic hydroxyl groups is 1. The first kappa shape index (κ1) is 25.2. The second kappa shape index (κ2) is 10.9. The van der Waals surface area contributed by atoms with Gasteiger partial charge in [-0.2, -0.15) is 0 Å². The van der Waals surface area contributed by atoms with Gasteiger partial charge in [0.1, 0.15) is 5.75 Å². The van der Waals surface area contributed by atoms with Crippen molar-refractivity contribution in [1.82, 2.24) is 0 Å². The number of Topliss-reactive ketones (excluding diaryl/α,β-unsaturated/α-hetero) is 1. The summed E-state index contributed by atoms with van der Waals surface area (Å²) in [5.74, 6) is 1.26. The van der Waals surface area contributed by atoms with Gasteiger partial charge in [-0.15, -0.1) is 11.3 Å². The predicted molar refractivity (Wildman–Crippen MR) is 156 cm³/mol. The number of hydrogen-bond donors (Lipinski definition) is 1. The number of benzene rings is 3. The summed E-state index contributed by atoms with van der Waals surface area (Å²) in [7, 11) is 0. The van der Waals surface area contributed by atoms with Crippen LogP contribution < -0.4 is 0 Å². The van der Waals surface area contributed by atoms with Crippen LogP contribution in [-0.4, -0.2) is 10.9 Å². The van der Waals surface area contributed by atoms with Crippen LogP contribution in [-0.2, 0) is 11.2 Å². The van der Waals surface area contributed by atoms with Gasteiger partial charge >= 0.3 is 0 Å². The summed E-state index contributed by atoms with van der Waals surface area (Å²) < 4.78 is 0. The molecule has 0 radical (unpaired) electrons. The van der Waals surface area contributed by atoms with E-state index in [4.69, 9.17) is 0 Å². The van der Waals surface area contributed by atoms with Gasteiger partial charge in [-0.25, -0.2) is 0 Å². The molecule has 0 bridgehead atoms. The van der Waals surface area contributed by atoms with E-state index in [1.807, 2.05) is 30.3 Å². The maximum absolute atomic E-state index is 13.3. The molecular formula is C34H34O2S. The fourth-order valence-electron chi connectivity index (χ4n) is 5.36. The van der Waals surface area contributed by atoms with Crippen molar-refractivity contribution in [2.45, 2.75) is 52.4 Å². The summed E-state index contributed by atoms with van der Waals surface area (Å²) in [6.45, 7) is 6.45. The van der Waals surface area contributed by atoms with E-state index in [1.165, 1.54) is 16.7 Å². The zero-order valence-electron chi connectivity index (χ0n) is 21.8. The number of thiophene rings is 1. The van der Waals surface area contributed by atoms with Gasteiger partial charge in [0.05, 0.1) is 4.88 Å². The third-order valence-electron chi connectivity index (χ3n) is 7.38. The average Bonchev–Trinajstić information content (AvgIpc) is 3.29. The molecule has 1 aromatic heterocycles. The van der Waals surface area contributed by atoms with E-state index in [1.54, 1.807) is 11.3 Å². The highest BCUT2D eigenvalue weighted by molar-refractivity contribution is 7.19. The first-order valence-electron chi connectivity index (χ1n) is 13.2. The second-order valence-electron chi connectivity index (χ2n) is 10.5. The standard InChI is InChI=1S/C34H34O2S/c1-22(2)26-17-13-23(3)19-30(26)34-32(36)21-33(37-34)29-12-8-7-11-27(29)28-18-16-25(20-31(28)35)15-14-24-9-5-4-6-10-24/h4-13,17-19,21-22,25,36H,14-16,20H2,1-3H3. The second-order valence-corrected chi connectivity index (χ2v) is 11.5. The van der Waals surface area contributed by atoms with Crippen LogP contribution in [0.4, 0.5) is 0 Å². The lowest BCUT2D eigenvalue weighted by molar-refractivity contribution is -0.114. The van der Waals surface area contributed by atoms with E-state index in [2.05, 4.69) is 75.4 Å². The Morgan fingerprint density at radius 2 is 1.65 bits per heavy atom. The van der Waals surface area contributed by atoms with Crippen LogP contribution in [0.5, 0.6) is 5.75 Å². The highest BCUT2D eigenvalue weighted by Gasteiger charge is 2.25. The van der Waals surface area contributed by atoms with E-state index in [0.717, 1.165) is 51.3 Å². The maximum Gasteiger partial charge on any atom is 0.163 e. The molecule has 2 nitrogen and oxygen atoms in total. The van der Waals surface area contributed by atoms with E-state index >= 15 is 0 Å². The van der Waals surface area contributed by atoms with Crippen LogP contribution in [0.25, 0.3) is 26.5 Å². The minimum absolute atomic E-state index is 0.221. The van der Waals surface area contributed by atoms with Gasteiger partial charge in [0, 0.05) is 16.9 Å². The van der Waals surface area contributed by atoms with Gasteiger partial charge < -0.3 is 5.11 Å². The molecule has 3 heteroatoms. The van der Waals surface area contributed by atoms with Gasteiger partial charge in [0.2, 0.25) is 0 Å². The van der Waals surface area contributed by atoms with Crippen molar-refractivity contribution >= 4 is 22.7 Å². The highest BCUT2D eigenvalue weighted by atomic mass is 32.1. The summed E-state index contributed by atoms with van der Waals surface area (Å²) in [6, 6.07) is 27.0. The molecule has 0 saturated carbocycles. The van der Waals surface area contributed by atoms with Crippen LogP contribution >= 0.6 is 11.3 Å². The Morgan fingerprint density at radius 3 is 2.38 bits per heavy atom. The quantitative estimate of drug-likeness (QED) is 0.271. The number of carbonyl (C=O) groups excluding carboxylic acids is 1. The van der Waals surface area contributed by atoms with Gasteiger partial charge in [-0.05, 0) is 71.9 Å². The van der Waals surface area contributed by atoms with Gasteiger partial charge in [-0.1, -0.05) is 98.3 Å². The molecule has 4 aromatic rings. The Morgan fingerprint density at radius 1 is 0.919 bits per heavy atom. The van der Waals surface area contributed by atoms with Crippen molar-refractivity contribution in [1.29, 1.82) is 0 Å². The Bertz CT molecular complexity index is 1440. The first-order chi connectivity index (χ1) is 17.9. The topological polar surface area (TPSA) is 37.3 Å². The Labute approximate surface area is 224 Å². The van der Waals surface area contributed by atoms with Gasteiger partial charge in [0.25, 0.3) is 0 Å². The van der Waals surface area contributed by atoms with E-state index < -0.39 is 0 Å². The minimum Gasteiger partial charge on any atom is -0.506 e. The lowest BCUT2D eigenvalue weighted by Crippen LogP contribution is -2.16. The Hall–Kier alpha value is -3.43. The summed E-state index contributed by atoms with van der Waals surface area (Å²) in [4.78, 5) is 15.2. The van der Waals surface area contributed by atoms with Crippen molar-refractivity contribution in [2.75, 3.05) is 0 Å². The third-order valence-corrected chi connectivity index (χ3v) is 8.58. The Kier molecular flexibility index (Phi) is 7.43. The van der Waals surface area contributed by atoms with E-state index in [-0.39, 0.29) is 5.78 Å². The van der Waals surface area contributed by atoms with Crippen LogP contribution in [0.2, 0.25) is 0 Å². The van der Waals surface area contributed by atoms with Crippen LogP contribution in [0.1, 0.15) is 61.3 Å². The molecule has 1 N–H and O–H groups in total. The van der Waals surface area contributed by atoms with Crippen molar-refractivity contribution < 1.29 is 9.90 Å². The number of aryl methyl sites for hydroxylation is 2. The molecular weight excluding hydrogens is 472 g/mol. The zero-order chi connectivity index (χ0) is 25.9. The summed E-state index contributed by atoms with van der Waals surface area (Å²) in [5, 5.41) is 11.0. The number of rotatable bonds is 7. The summed E-state index contributed by atoms with van der Waals surface area (Å²) >= 11 is 1.60. The molecule has 5 rings (SSSR count). The molecule has 0 fully saturated rings. The van der Waals surface area contributed by atoms with Crippen LogP contribution in [0.3, 0.4) is 0 Å². The molecule has 1 atom stereocenters. The monoisotopic (exact) mass is 506 g/mol. The van der Waals surface area contributed by atoms with Gasteiger partial charge in [-0.3, -0.25) is 4.79 Å². The van der Waals surface area contributed by atoms with Crippen molar-refractivity contribution in [3.05, 3.63) is 107 Å². The molecule has 1 unspecified atom stereocenters. The third kappa shape index (κ3) is 5.47. The molecule has 1 aliphatic carbocycles. The first-order valence-corrected chi connectivity index (χ1v) is 14.0. The summed E-state index contributed by atoms with van der Waals surface area (Å²) in [6.07, 6.45) is 5.69. The van der Waals surface area contributed by atoms with Crippen LogP contribution in [0.15, 0.2) is 84.9 Å². The minimum atomic E-state index is 0.221. The van der Waals surface area contributed by atoms with E-state index in [9.17, 15) is 9.90 Å². The normalized spacial score (nSPS) is 15.7. The zero-order valence-corrected chi connectivity index (χ0v) is 22.6. The molecule has 0 amide bonds. The fraction of sp³-hybridized carbons (Fsp3) is 0.265. The number of ketones is 1. The largest absolute Gasteiger partial charge is 0.506 e. The molecule has 37 heavy (non-hydrogen) atoms. The molecule has 1 aliphatic rings. The number of allylic oxidation sites excluding steroid dienone is 2. The SMILES string of the molecule is Cc1ccc(C(C)C)c(-c2sc(-c3ccccc3C3=CCC(CCc4ccccc4)CC3=O)cc2O)c1. The van der Waals surface area contributed by atoms with Gasteiger partial charge in [0.15, 0.2) is 5.78 Å². The Balaban J connectivity index is 1.43. The van der Waals surface area contributed by atoms with Crippen molar-refractivity contribution in [3.63, 3.8) is 0 Å². The molecule has 0 aliphatic heterocycles. The van der Waals surface area contributed by atoms with Crippen molar-refractivity contribution in [3.8, 4) is 26.6 Å². The highest BCUT2D eigenvalue weighted by Crippen LogP contribution is 2.46. The smallest absolute Gasteiger partial charge is 0.163 e. The average molecular weight is 507 g/mol. The number of carbonyl (C=O) groups is 1. The van der Waals surface area contributed by atoms with Crippen molar-refractivity contribution in [2.24, 2.45) is 5.92 Å². The molecule has 3 aromatic carbocycles. The van der Waals surface area contributed by atoms with E-state index in [0.29, 0.717) is 24.0 Å². The fourth-order valence-corrected chi connectivity index (χ4v) is 6.49. The summed E-state index contributed by atoms with van der Waals surface area (Å²) in [5.41, 5.74) is 7.63. The number of hydrogen-bond acceptors (Lipinski definition) is 3. The van der Waals surface area contributed by atoms with Crippen LogP contribution in [0, 0.1) is 12.8 Å². The molecule has 188 valence electrons. The molecule has 0 saturated heterocycles. The molecule has 0 spiro atoms. The molecule has 1 heterocycles. The maximum atomic E-state index is 13.3. The lowest BCUT2D eigenvalue weighted by atomic mass is 9.81.